The van der Waals surface area contributed by atoms with Gasteiger partial charge in [-0.2, -0.15) is 0 Å². The summed E-state index contributed by atoms with van der Waals surface area (Å²) in [4.78, 5) is 12.5. The average molecular weight is 384 g/mol. The van der Waals surface area contributed by atoms with E-state index >= 15 is 0 Å². The van der Waals surface area contributed by atoms with Gasteiger partial charge in [0.1, 0.15) is 12.4 Å². The number of carbonyl (C=O) groups is 1. The summed E-state index contributed by atoms with van der Waals surface area (Å²) in [5.74, 6) is 0.519. The van der Waals surface area contributed by atoms with Crippen molar-refractivity contribution in [2.24, 2.45) is 0 Å². The van der Waals surface area contributed by atoms with E-state index in [0.29, 0.717) is 29.4 Å². The first kappa shape index (κ1) is 18.6. The van der Waals surface area contributed by atoms with Gasteiger partial charge >= 0.3 is 0 Å². The van der Waals surface area contributed by atoms with Crippen LogP contribution in [0, 0.1) is 0 Å². The molecule has 0 fully saturated rings. The van der Waals surface area contributed by atoms with Gasteiger partial charge in [0.15, 0.2) is 11.5 Å². The third-order valence-corrected chi connectivity index (χ3v) is 4.12. The maximum Gasteiger partial charge on any atom is 0.255 e. The molecule has 0 atom stereocenters. The van der Waals surface area contributed by atoms with Gasteiger partial charge in [0, 0.05) is 11.3 Å². The number of phenols is 1. The molecule has 0 bridgehead atoms. The van der Waals surface area contributed by atoms with Gasteiger partial charge in [-0.15, -0.1) is 0 Å². The molecular weight excluding hydrogens is 366 g/mol. The highest BCUT2D eigenvalue weighted by Crippen LogP contribution is 2.37. The summed E-state index contributed by atoms with van der Waals surface area (Å²) >= 11 is 6.27. The first-order chi connectivity index (χ1) is 13.1. The maximum absolute atomic E-state index is 12.5. The van der Waals surface area contributed by atoms with Crippen molar-refractivity contribution in [1.82, 2.24) is 0 Å². The molecule has 3 aromatic rings. The van der Waals surface area contributed by atoms with E-state index in [9.17, 15) is 9.90 Å². The zero-order valence-electron chi connectivity index (χ0n) is 14.6. The number of rotatable bonds is 6. The first-order valence-corrected chi connectivity index (χ1v) is 8.59. The summed E-state index contributed by atoms with van der Waals surface area (Å²) in [6.45, 7) is 0.316. The first-order valence-electron chi connectivity index (χ1n) is 8.21. The number of nitrogens with one attached hydrogen (secondary N) is 1. The van der Waals surface area contributed by atoms with Crippen molar-refractivity contribution in [2.45, 2.75) is 6.61 Å². The predicted molar refractivity (Wildman–Crippen MR) is 105 cm³/mol. The summed E-state index contributed by atoms with van der Waals surface area (Å²) in [6.07, 6.45) is 0. The second-order valence-electron chi connectivity index (χ2n) is 5.76. The molecule has 2 N–H and O–H groups in total. The molecule has 0 saturated heterocycles. The Morgan fingerprint density at radius 1 is 1.07 bits per heavy atom. The van der Waals surface area contributed by atoms with Gasteiger partial charge in [-0.25, -0.2) is 0 Å². The molecule has 6 heteroatoms. The fourth-order valence-electron chi connectivity index (χ4n) is 2.49. The summed E-state index contributed by atoms with van der Waals surface area (Å²) in [5, 5.41) is 12.4. The number of methoxy groups -OCH3 is 1. The molecule has 3 rings (SSSR count). The van der Waals surface area contributed by atoms with E-state index in [2.05, 4.69) is 5.32 Å². The number of phenolic OH excluding ortho intramolecular Hbond substituents is 1. The third kappa shape index (κ3) is 4.71. The van der Waals surface area contributed by atoms with Crippen LogP contribution in [0.5, 0.6) is 17.2 Å². The molecule has 5 nitrogen and oxygen atoms in total. The Morgan fingerprint density at radius 2 is 1.78 bits per heavy atom. The smallest absolute Gasteiger partial charge is 0.255 e. The van der Waals surface area contributed by atoms with Crippen molar-refractivity contribution in [2.75, 3.05) is 12.4 Å². The van der Waals surface area contributed by atoms with E-state index in [1.54, 1.807) is 18.2 Å². The number of anilines is 1. The number of ether oxygens (including phenoxy) is 2. The number of hydrogen-bond acceptors (Lipinski definition) is 4. The van der Waals surface area contributed by atoms with E-state index in [1.165, 1.54) is 25.3 Å². The van der Waals surface area contributed by atoms with Crippen molar-refractivity contribution in [3.05, 3.63) is 82.9 Å². The molecule has 0 unspecified atom stereocenters. The summed E-state index contributed by atoms with van der Waals surface area (Å²) in [7, 11) is 1.49. The van der Waals surface area contributed by atoms with Crippen LogP contribution in [0.25, 0.3) is 0 Å². The molecule has 1 amide bonds. The topological polar surface area (TPSA) is 67.8 Å². The number of halogens is 1. The quantitative estimate of drug-likeness (QED) is 0.595. The molecule has 0 aliphatic heterocycles. The second kappa shape index (κ2) is 8.47. The fraction of sp³-hybridized carbons (Fsp3) is 0.0952. The van der Waals surface area contributed by atoms with Crippen LogP contribution in [-0.4, -0.2) is 18.1 Å². The lowest BCUT2D eigenvalue weighted by Gasteiger charge is -2.14. The summed E-state index contributed by atoms with van der Waals surface area (Å²) in [5.41, 5.74) is 1.86. The Bertz CT molecular complexity index is 927. The molecule has 0 radical (unpaired) electrons. The number of hydrogen-bond donors (Lipinski definition) is 2. The van der Waals surface area contributed by atoms with Gasteiger partial charge in [0.2, 0.25) is 0 Å². The lowest BCUT2D eigenvalue weighted by molar-refractivity contribution is 0.102. The molecule has 0 heterocycles. The Labute approximate surface area is 162 Å². The van der Waals surface area contributed by atoms with Gasteiger partial charge in [-0.3, -0.25) is 4.79 Å². The minimum atomic E-state index is -0.352. The molecule has 0 aliphatic rings. The van der Waals surface area contributed by atoms with Gasteiger partial charge in [0.05, 0.1) is 12.1 Å². The SMILES string of the molecule is COc1c(Cl)cc(C(=O)Nc2ccc(O)cc2)cc1OCc1ccccc1. The lowest BCUT2D eigenvalue weighted by atomic mass is 10.1. The Morgan fingerprint density at radius 3 is 2.44 bits per heavy atom. The van der Waals surface area contributed by atoms with Gasteiger partial charge in [0.25, 0.3) is 5.91 Å². The average Bonchev–Trinajstić information content (AvgIpc) is 2.68. The number of carbonyl (C=O) groups excluding carboxylic acids is 1. The van der Waals surface area contributed by atoms with Crippen molar-refractivity contribution in [3.8, 4) is 17.2 Å². The molecule has 0 aliphatic carbocycles. The van der Waals surface area contributed by atoms with Gasteiger partial charge < -0.3 is 19.9 Å². The Hall–Kier alpha value is -3.18. The van der Waals surface area contributed by atoms with Crippen LogP contribution in [0.2, 0.25) is 5.02 Å². The lowest BCUT2D eigenvalue weighted by Crippen LogP contribution is -2.12. The summed E-state index contributed by atoms with van der Waals surface area (Å²) < 4.78 is 11.1. The molecule has 3 aromatic carbocycles. The summed E-state index contributed by atoms with van der Waals surface area (Å²) in [6, 6.07) is 18.9. The van der Waals surface area contributed by atoms with Crippen LogP contribution in [0.4, 0.5) is 5.69 Å². The standard InChI is InChI=1S/C21H18ClNO4/c1-26-20-18(22)11-15(21(25)23-16-7-9-17(24)10-8-16)12-19(20)27-13-14-5-3-2-4-6-14/h2-12,24H,13H2,1H3,(H,23,25). The van der Waals surface area contributed by atoms with Crippen LogP contribution in [0.15, 0.2) is 66.7 Å². The van der Waals surface area contributed by atoms with Crippen LogP contribution in [-0.2, 0) is 6.61 Å². The van der Waals surface area contributed by atoms with Crippen molar-refractivity contribution in [1.29, 1.82) is 0 Å². The minimum absolute atomic E-state index is 0.122. The fourth-order valence-corrected chi connectivity index (χ4v) is 2.78. The molecule has 138 valence electrons. The highest BCUT2D eigenvalue weighted by Gasteiger charge is 2.16. The Balaban J connectivity index is 1.82. The monoisotopic (exact) mass is 383 g/mol. The van der Waals surface area contributed by atoms with Crippen LogP contribution in [0.1, 0.15) is 15.9 Å². The van der Waals surface area contributed by atoms with Crippen molar-refractivity contribution < 1.29 is 19.4 Å². The molecule has 0 aromatic heterocycles. The zero-order valence-corrected chi connectivity index (χ0v) is 15.4. The highest BCUT2D eigenvalue weighted by molar-refractivity contribution is 6.32. The molecular formula is C21H18ClNO4. The third-order valence-electron chi connectivity index (χ3n) is 3.84. The van der Waals surface area contributed by atoms with E-state index in [0.717, 1.165) is 5.56 Å². The largest absolute Gasteiger partial charge is 0.508 e. The minimum Gasteiger partial charge on any atom is -0.508 e. The Kier molecular flexibility index (Phi) is 5.84. The van der Waals surface area contributed by atoms with E-state index in [1.807, 2.05) is 30.3 Å². The predicted octanol–water partition coefficient (Wildman–Crippen LogP) is 4.89. The second-order valence-corrected chi connectivity index (χ2v) is 6.17. The highest BCUT2D eigenvalue weighted by atomic mass is 35.5. The van der Waals surface area contributed by atoms with E-state index in [4.69, 9.17) is 21.1 Å². The van der Waals surface area contributed by atoms with E-state index in [-0.39, 0.29) is 16.7 Å². The van der Waals surface area contributed by atoms with Crippen LogP contribution < -0.4 is 14.8 Å². The van der Waals surface area contributed by atoms with Crippen LogP contribution >= 0.6 is 11.6 Å². The number of benzene rings is 3. The molecule has 27 heavy (non-hydrogen) atoms. The van der Waals surface area contributed by atoms with Crippen molar-refractivity contribution >= 4 is 23.2 Å². The van der Waals surface area contributed by atoms with Crippen LogP contribution in [0.3, 0.4) is 0 Å². The zero-order chi connectivity index (χ0) is 19.2. The molecule has 0 saturated carbocycles. The number of amides is 1. The van der Waals surface area contributed by atoms with Gasteiger partial charge in [-0.1, -0.05) is 41.9 Å². The van der Waals surface area contributed by atoms with Gasteiger partial charge in [-0.05, 0) is 42.0 Å². The van der Waals surface area contributed by atoms with Crippen molar-refractivity contribution in [3.63, 3.8) is 0 Å². The normalized spacial score (nSPS) is 10.3. The van der Waals surface area contributed by atoms with E-state index < -0.39 is 0 Å². The maximum atomic E-state index is 12.5. The molecule has 0 spiro atoms. The number of aromatic hydroxyl groups is 1.